The summed E-state index contributed by atoms with van der Waals surface area (Å²) in [6.07, 6.45) is 0. The summed E-state index contributed by atoms with van der Waals surface area (Å²) in [6, 6.07) is 17.7. The van der Waals surface area contributed by atoms with Gasteiger partial charge in [-0.3, -0.25) is 0 Å². The lowest BCUT2D eigenvalue weighted by atomic mass is 10.1. The van der Waals surface area contributed by atoms with E-state index in [-0.39, 0.29) is 12.0 Å². The molecule has 2 N–H and O–H groups in total. The van der Waals surface area contributed by atoms with Crippen molar-refractivity contribution in [3.8, 4) is 0 Å². The number of guanidine groups is 1. The lowest BCUT2D eigenvalue weighted by Crippen LogP contribution is -2.38. The molecule has 132 valence electrons. The number of nitrogens with zero attached hydrogens (tertiary/aromatic N) is 1. The fourth-order valence-electron chi connectivity index (χ4n) is 2.38. The number of carbonyl (C=O) groups is 1. The molecule has 0 bridgehead atoms. The SMILES string of the molecule is CCNC(=NCc1ccc(C(=O)OC)cc1)NC(C)c1ccccc1. The summed E-state index contributed by atoms with van der Waals surface area (Å²) >= 11 is 0. The third kappa shape index (κ3) is 5.64. The zero-order valence-electron chi connectivity index (χ0n) is 15.0. The Bertz CT molecular complexity index is 697. The quantitative estimate of drug-likeness (QED) is 0.482. The monoisotopic (exact) mass is 339 g/mol. The smallest absolute Gasteiger partial charge is 0.337 e. The number of hydrogen-bond acceptors (Lipinski definition) is 3. The molecule has 0 saturated heterocycles. The first-order chi connectivity index (χ1) is 12.1. The number of aliphatic imine (C=N–C) groups is 1. The van der Waals surface area contributed by atoms with Crippen molar-refractivity contribution < 1.29 is 9.53 Å². The molecule has 25 heavy (non-hydrogen) atoms. The van der Waals surface area contributed by atoms with Crippen molar-refractivity contribution >= 4 is 11.9 Å². The third-order valence-corrected chi connectivity index (χ3v) is 3.79. The van der Waals surface area contributed by atoms with Gasteiger partial charge in [0.05, 0.1) is 25.3 Å². The highest BCUT2D eigenvalue weighted by Gasteiger charge is 2.07. The molecule has 0 amide bonds. The van der Waals surface area contributed by atoms with E-state index in [1.807, 2.05) is 37.3 Å². The van der Waals surface area contributed by atoms with Crippen LogP contribution in [0.5, 0.6) is 0 Å². The summed E-state index contributed by atoms with van der Waals surface area (Å²) in [7, 11) is 1.38. The minimum Gasteiger partial charge on any atom is -0.465 e. The van der Waals surface area contributed by atoms with E-state index in [0.717, 1.165) is 18.1 Å². The molecular weight excluding hydrogens is 314 g/mol. The van der Waals surface area contributed by atoms with Gasteiger partial charge in [-0.15, -0.1) is 0 Å². The van der Waals surface area contributed by atoms with Gasteiger partial charge in [-0.2, -0.15) is 0 Å². The van der Waals surface area contributed by atoms with Crippen LogP contribution >= 0.6 is 0 Å². The first kappa shape index (κ1) is 18.5. The van der Waals surface area contributed by atoms with Gasteiger partial charge < -0.3 is 15.4 Å². The van der Waals surface area contributed by atoms with E-state index < -0.39 is 0 Å². The van der Waals surface area contributed by atoms with Crippen molar-refractivity contribution in [2.24, 2.45) is 4.99 Å². The van der Waals surface area contributed by atoms with Gasteiger partial charge in [0, 0.05) is 6.54 Å². The Morgan fingerprint density at radius 3 is 2.40 bits per heavy atom. The Hall–Kier alpha value is -2.82. The molecule has 0 aliphatic carbocycles. The molecule has 0 radical (unpaired) electrons. The average molecular weight is 339 g/mol. The summed E-state index contributed by atoms with van der Waals surface area (Å²) in [5.74, 6) is 0.428. The number of hydrogen-bond donors (Lipinski definition) is 2. The number of ether oxygens (including phenoxy) is 1. The molecule has 0 saturated carbocycles. The number of nitrogens with one attached hydrogen (secondary N) is 2. The molecular formula is C20H25N3O2. The molecule has 0 aromatic heterocycles. The Morgan fingerprint density at radius 1 is 1.12 bits per heavy atom. The fraction of sp³-hybridized carbons (Fsp3) is 0.300. The van der Waals surface area contributed by atoms with E-state index in [2.05, 4.69) is 34.7 Å². The second-order valence-electron chi connectivity index (χ2n) is 5.66. The predicted octanol–water partition coefficient (Wildman–Crippen LogP) is 3.29. The molecule has 5 heteroatoms. The summed E-state index contributed by atoms with van der Waals surface area (Å²) in [5, 5.41) is 6.66. The minimum atomic E-state index is -0.332. The summed E-state index contributed by atoms with van der Waals surface area (Å²) in [6.45, 7) is 5.45. The first-order valence-electron chi connectivity index (χ1n) is 8.41. The first-order valence-corrected chi connectivity index (χ1v) is 8.41. The van der Waals surface area contributed by atoms with Crippen LogP contribution in [0.25, 0.3) is 0 Å². The molecule has 0 aliphatic heterocycles. The van der Waals surface area contributed by atoms with Crippen molar-refractivity contribution in [3.63, 3.8) is 0 Å². The molecule has 1 atom stereocenters. The van der Waals surface area contributed by atoms with E-state index in [0.29, 0.717) is 12.1 Å². The van der Waals surface area contributed by atoms with E-state index in [9.17, 15) is 4.79 Å². The number of rotatable bonds is 6. The van der Waals surface area contributed by atoms with Crippen LogP contribution in [0, 0.1) is 0 Å². The van der Waals surface area contributed by atoms with Crippen LogP contribution in [-0.4, -0.2) is 25.6 Å². The van der Waals surface area contributed by atoms with Gasteiger partial charge in [0.2, 0.25) is 0 Å². The Morgan fingerprint density at radius 2 is 1.80 bits per heavy atom. The lowest BCUT2D eigenvalue weighted by molar-refractivity contribution is 0.0600. The van der Waals surface area contributed by atoms with Crippen molar-refractivity contribution in [1.82, 2.24) is 10.6 Å². The molecule has 2 rings (SSSR count). The molecule has 5 nitrogen and oxygen atoms in total. The van der Waals surface area contributed by atoms with Crippen LogP contribution in [-0.2, 0) is 11.3 Å². The maximum Gasteiger partial charge on any atom is 0.337 e. The largest absolute Gasteiger partial charge is 0.465 e. The highest BCUT2D eigenvalue weighted by molar-refractivity contribution is 5.89. The summed E-state index contributed by atoms with van der Waals surface area (Å²) in [5.41, 5.74) is 2.77. The van der Waals surface area contributed by atoms with E-state index in [4.69, 9.17) is 4.74 Å². The Balaban J connectivity index is 2.02. The predicted molar refractivity (Wildman–Crippen MR) is 101 cm³/mol. The van der Waals surface area contributed by atoms with Crippen molar-refractivity contribution in [3.05, 3.63) is 71.3 Å². The van der Waals surface area contributed by atoms with Gasteiger partial charge in [-0.25, -0.2) is 9.79 Å². The highest BCUT2D eigenvalue weighted by Crippen LogP contribution is 2.11. The van der Waals surface area contributed by atoms with Gasteiger partial charge in [-0.05, 0) is 37.1 Å². The van der Waals surface area contributed by atoms with Gasteiger partial charge in [0.15, 0.2) is 5.96 Å². The number of esters is 1. The topological polar surface area (TPSA) is 62.7 Å². The standard InChI is InChI=1S/C20H25N3O2/c1-4-21-20(23-15(2)17-8-6-5-7-9-17)22-14-16-10-12-18(13-11-16)19(24)25-3/h5-13,15H,4,14H2,1-3H3,(H2,21,22,23). The zero-order valence-corrected chi connectivity index (χ0v) is 15.0. The van der Waals surface area contributed by atoms with E-state index >= 15 is 0 Å². The van der Waals surface area contributed by atoms with Crippen LogP contribution in [0.15, 0.2) is 59.6 Å². The van der Waals surface area contributed by atoms with Gasteiger partial charge in [0.1, 0.15) is 0 Å². The van der Waals surface area contributed by atoms with Crippen LogP contribution in [0.3, 0.4) is 0 Å². The molecule has 0 fully saturated rings. The highest BCUT2D eigenvalue weighted by atomic mass is 16.5. The minimum absolute atomic E-state index is 0.153. The molecule has 1 unspecified atom stereocenters. The van der Waals surface area contributed by atoms with Crippen molar-refractivity contribution in [2.45, 2.75) is 26.4 Å². The lowest BCUT2D eigenvalue weighted by Gasteiger charge is -2.18. The summed E-state index contributed by atoms with van der Waals surface area (Å²) < 4.78 is 4.71. The fourth-order valence-corrected chi connectivity index (χ4v) is 2.38. The maximum absolute atomic E-state index is 11.5. The molecule has 2 aromatic carbocycles. The van der Waals surface area contributed by atoms with E-state index in [1.165, 1.54) is 12.7 Å². The number of carbonyl (C=O) groups excluding carboxylic acids is 1. The van der Waals surface area contributed by atoms with Crippen LogP contribution < -0.4 is 10.6 Å². The molecule has 0 aliphatic rings. The summed E-state index contributed by atoms with van der Waals surface area (Å²) in [4.78, 5) is 16.1. The van der Waals surface area contributed by atoms with Gasteiger partial charge in [0.25, 0.3) is 0 Å². The van der Waals surface area contributed by atoms with Crippen molar-refractivity contribution in [1.29, 1.82) is 0 Å². The number of benzene rings is 2. The molecule has 0 heterocycles. The van der Waals surface area contributed by atoms with Crippen LogP contribution in [0.4, 0.5) is 0 Å². The average Bonchev–Trinajstić information content (AvgIpc) is 2.66. The second kappa shape index (κ2) is 9.47. The van der Waals surface area contributed by atoms with Crippen LogP contribution in [0.1, 0.15) is 41.4 Å². The maximum atomic E-state index is 11.5. The second-order valence-corrected chi connectivity index (χ2v) is 5.66. The van der Waals surface area contributed by atoms with Crippen molar-refractivity contribution in [2.75, 3.05) is 13.7 Å². The van der Waals surface area contributed by atoms with Gasteiger partial charge >= 0.3 is 5.97 Å². The number of methoxy groups -OCH3 is 1. The molecule has 2 aromatic rings. The Labute approximate surface area is 149 Å². The Kier molecular flexibility index (Phi) is 7.01. The normalized spacial score (nSPS) is 12.4. The third-order valence-electron chi connectivity index (χ3n) is 3.79. The van der Waals surface area contributed by atoms with E-state index in [1.54, 1.807) is 12.1 Å². The van der Waals surface area contributed by atoms with Crippen LogP contribution in [0.2, 0.25) is 0 Å². The molecule has 0 spiro atoms. The van der Waals surface area contributed by atoms with Gasteiger partial charge in [-0.1, -0.05) is 42.5 Å². The zero-order chi connectivity index (χ0) is 18.1.